The number of likely N-dealkylation sites (N-methyl/N-ethyl adjacent to an activating group) is 1. The zero-order valence-electron chi connectivity index (χ0n) is 10.3. The highest BCUT2D eigenvalue weighted by molar-refractivity contribution is 5.85. The van der Waals surface area contributed by atoms with E-state index >= 15 is 0 Å². The summed E-state index contributed by atoms with van der Waals surface area (Å²) in [5.41, 5.74) is 5.11. The quantitative estimate of drug-likeness (QED) is 0.732. The molecule has 1 amide bonds. The monoisotopic (exact) mass is 213 g/mol. The van der Waals surface area contributed by atoms with Gasteiger partial charge in [0.25, 0.3) is 0 Å². The molecule has 1 heterocycles. The standard InChI is InChI=1S/C11H23N3O/c1-11(2,12)10(15)14-7-5-6-9(14)8-13(3)4/h9H,5-8,12H2,1-4H3. The van der Waals surface area contributed by atoms with Crippen molar-refractivity contribution in [3.63, 3.8) is 0 Å². The van der Waals surface area contributed by atoms with E-state index in [0.717, 1.165) is 25.9 Å². The van der Waals surface area contributed by atoms with Crippen molar-refractivity contribution in [2.75, 3.05) is 27.2 Å². The molecule has 0 spiro atoms. The van der Waals surface area contributed by atoms with Crippen molar-refractivity contribution in [1.82, 2.24) is 9.80 Å². The van der Waals surface area contributed by atoms with E-state index in [-0.39, 0.29) is 5.91 Å². The van der Waals surface area contributed by atoms with Crippen LogP contribution in [-0.2, 0) is 4.79 Å². The Balaban J connectivity index is 2.64. The van der Waals surface area contributed by atoms with Crippen molar-refractivity contribution >= 4 is 5.91 Å². The van der Waals surface area contributed by atoms with Gasteiger partial charge in [-0.1, -0.05) is 0 Å². The first-order valence-electron chi connectivity index (χ1n) is 5.57. The number of hydrogen-bond donors (Lipinski definition) is 1. The molecule has 1 unspecified atom stereocenters. The summed E-state index contributed by atoms with van der Waals surface area (Å²) < 4.78 is 0. The maximum atomic E-state index is 12.0. The number of rotatable bonds is 3. The largest absolute Gasteiger partial charge is 0.337 e. The highest BCUT2D eigenvalue weighted by Crippen LogP contribution is 2.20. The summed E-state index contributed by atoms with van der Waals surface area (Å²) in [5, 5.41) is 0. The van der Waals surface area contributed by atoms with Gasteiger partial charge in [0.2, 0.25) is 5.91 Å². The first-order chi connectivity index (χ1) is 6.82. The van der Waals surface area contributed by atoms with Crippen LogP contribution in [0.5, 0.6) is 0 Å². The number of likely N-dealkylation sites (tertiary alicyclic amines) is 1. The molecule has 1 aliphatic heterocycles. The van der Waals surface area contributed by atoms with Crippen LogP contribution in [0.4, 0.5) is 0 Å². The molecule has 0 aliphatic carbocycles. The Kier molecular flexibility index (Phi) is 3.73. The van der Waals surface area contributed by atoms with Crippen LogP contribution < -0.4 is 5.73 Å². The van der Waals surface area contributed by atoms with E-state index < -0.39 is 5.54 Å². The van der Waals surface area contributed by atoms with Crippen LogP contribution in [0.1, 0.15) is 26.7 Å². The molecule has 1 fully saturated rings. The minimum atomic E-state index is -0.741. The molecule has 2 N–H and O–H groups in total. The number of hydrogen-bond acceptors (Lipinski definition) is 3. The summed E-state index contributed by atoms with van der Waals surface area (Å²) in [6.07, 6.45) is 2.19. The second-order valence-electron chi connectivity index (χ2n) is 5.28. The summed E-state index contributed by atoms with van der Waals surface area (Å²) in [5.74, 6) is 0.0758. The van der Waals surface area contributed by atoms with E-state index in [1.54, 1.807) is 13.8 Å². The van der Waals surface area contributed by atoms with Crippen LogP contribution in [0, 0.1) is 0 Å². The molecular formula is C11H23N3O. The van der Waals surface area contributed by atoms with Crippen LogP contribution in [-0.4, -0.2) is 54.5 Å². The summed E-state index contributed by atoms with van der Waals surface area (Å²) in [6.45, 7) is 5.35. The smallest absolute Gasteiger partial charge is 0.242 e. The van der Waals surface area contributed by atoms with Crippen LogP contribution >= 0.6 is 0 Å². The van der Waals surface area contributed by atoms with Crippen molar-refractivity contribution < 1.29 is 4.79 Å². The van der Waals surface area contributed by atoms with E-state index in [1.165, 1.54) is 0 Å². The van der Waals surface area contributed by atoms with Gasteiger partial charge >= 0.3 is 0 Å². The van der Waals surface area contributed by atoms with E-state index in [2.05, 4.69) is 4.90 Å². The molecule has 4 heteroatoms. The second-order valence-corrected chi connectivity index (χ2v) is 5.28. The molecule has 0 aromatic carbocycles. The number of amides is 1. The lowest BCUT2D eigenvalue weighted by molar-refractivity contribution is -0.136. The third kappa shape index (κ3) is 3.18. The van der Waals surface area contributed by atoms with Crippen molar-refractivity contribution in [3.05, 3.63) is 0 Å². The Hall–Kier alpha value is -0.610. The van der Waals surface area contributed by atoms with Crippen LogP contribution in [0.15, 0.2) is 0 Å². The molecule has 0 saturated carbocycles. The van der Waals surface area contributed by atoms with Gasteiger partial charge in [-0.05, 0) is 40.8 Å². The van der Waals surface area contributed by atoms with Gasteiger partial charge in [0.15, 0.2) is 0 Å². The molecule has 15 heavy (non-hydrogen) atoms. The number of nitrogens with zero attached hydrogens (tertiary/aromatic N) is 2. The Morgan fingerprint density at radius 3 is 2.60 bits per heavy atom. The van der Waals surface area contributed by atoms with Gasteiger partial charge in [-0.25, -0.2) is 0 Å². The number of carbonyl (C=O) groups excluding carboxylic acids is 1. The zero-order chi connectivity index (χ0) is 11.6. The molecule has 0 radical (unpaired) electrons. The summed E-state index contributed by atoms with van der Waals surface area (Å²) >= 11 is 0. The van der Waals surface area contributed by atoms with Gasteiger partial charge < -0.3 is 15.5 Å². The van der Waals surface area contributed by atoms with Crippen LogP contribution in [0.3, 0.4) is 0 Å². The molecule has 0 aromatic rings. The third-order valence-electron chi connectivity index (χ3n) is 2.77. The lowest BCUT2D eigenvalue weighted by Crippen LogP contribution is -2.54. The van der Waals surface area contributed by atoms with Gasteiger partial charge in [0.05, 0.1) is 5.54 Å². The minimum absolute atomic E-state index is 0.0758. The average molecular weight is 213 g/mol. The van der Waals surface area contributed by atoms with Gasteiger partial charge in [0, 0.05) is 19.1 Å². The highest BCUT2D eigenvalue weighted by Gasteiger charge is 2.35. The van der Waals surface area contributed by atoms with E-state index in [0.29, 0.717) is 6.04 Å². The fraction of sp³-hybridized carbons (Fsp3) is 0.909. The first-order valence-corrected chi connectivity index (χ1v) is 5.57. The van der Waals surface area contributed by atoms with E-state index in [1.807, 2.05) is 19.0 Å². The first kappa shape index (κ1) is 12.5. The summed E-state index contributed by atoms with van der Waals surface area (Å²) in [4.78, 5) is 16.1. The van der Waals surface area contributed by atoms with Gasteiger partial charge in [-0.15, -0.1) is 0 Å². The van der Waals surface area contributed by atoms with Crippen molar-refractivity contribution in [2.45, 2.75) is 38.3 Å². The topological polar surface area (TPSA) is 49.6 Å². The Labute approximate surface area is 92.4 Å². The van der Waals surface area contributed by atoms with Gasteiger partial charge in [-0.3, -0.25) is 4.79 Å². The molecule has 1 saturated heterocycles. The minimum Gasteiger partial charge on any atom is -0.337 e. The van der Waals surface area contributed by atoms with E-state index in [4.69, 9.17) is 5.73 Å². The molecule has 0 aromatic heterocycles. The molecule has 4 nitrogen and oxygen atoms in total. The number of carbonyl (C=O) groups is 1. The maximum absolute atomic E-state index is 12.0. The Morgan fingerprint density at radius 2 is 2.13 bits per heavy atom. The van der Waals surface area contributed by atoms with Crippen LogP contribution in [0.2, 0.25) is 0 Å². The fourth-order valence-electron chi connectivity index (χ4n) is 2.08. The molecule has 1 rings (SSSR count). The van der Waals surface area contributed by atoms with Gasteiger partial charge in [-0.2, -0.15) is 0 Å². The Morgan fingerprint density at radius 1 is 1.53 bits per heavy atom. The summed E-state index contributed by atoms with van der Waals surface area (Å²) in [6, 6.07) is 0.343. The third-order valence-corrected chi connectivity index (χ3v) is 2.77. The average Bonchev–Trinajstić information content (AvgIpc) is 2.48. The van der Waals surface area contributed by atoms with Crippen molar-refractivity contribution in [1.29, 1.82) is 0 Å². The van der Waals surface area contributed by atoms with E-state index in [9.17, 15) is 4.79 Å². The fourth-order valence-corrected chi connectivity index (χ4v) is 2.08. The van der Waals surface area contributed by atoms with Crippen molar-refractivity contribution in [2.24, 2.45) is 5.73 Å². The molecule has 1 aliphatic rings. The normalized spacial score (nSPS) is 22.5. The molecular weight excluding hydrogens is 190 g/mol. The summed E-state index contributed by atoms with van der Waals surface area (Å²) in [7, 11) is 4.07. The molecule has 1 atom stereocenters. The highest BCUT2D eigenvalue weighted by atomic mass is 16.2. The van der Waals surface area contributed by atoms with Crippen LogP contribution in [0.25, 0.3) is 0 Å². The zero-order valence-corrected chi connectivity index (χ0v) is 10.3. The lowest BCUT2D eigenvalue weighted by atomic mass is 10.0. The Bertz CT molecular complexity index is 232. The predicted molar refractivity (Wildman–Crippen MR) is 61.6 cm³/mol. The van der Waals surface area contributed by atoms with Crippen molar-refractivity contribution in [3.8, 4) is 0 Å². The second kappa shape index (κ2) is 4.49. The lowest BCUT2D eigenvalue weighted by Gasteiger charge is -2.32. The molecule has 0 bridgehead atoms. The maximum Gasteiger partial charge on any atom is 0.242 e. The number of nitrogens with two attached hydrogens (primary N) is 1. The van der Waals surface area contributed by atoms with Gasteiger partial charge in [0.1, 0.15) is 0 Å². The molecule has 88 valence electrons. The predicted octanol–water partition coefficient (Wildman–Crippen LogP) is 0.276. The SMILES string of the molecule is CN(C)CC1CCCN1C(=O)C(C)(C)N.